The maximum atomic E-state index is 12.5. The lowest BCUT2D eigenvalue weighted by Gasteiger charge is -2.10. The number of methoxy groups -OCH3 is 2. The Morgan fingerprint density at radius 3 is 2.33 bits per heavy atom. The van der Waals surface area contributed by atoms with Crippen LogP contribution in [0.15, 0.2) is 63.9 Å². The number of benzene rings is 2. The number of rotatable bonds is 6. The van der Waals surface area contributed by atoms with Crippen LogP contribution in [-0.2, 0) is 6.42 Å². The summed E-state index contributed by atoms with van der Waals surface area (Å²) in [5.74, 6) is 1.36. The number of hydrogen-bond acceptors (Lipinski definition) is 5. The van der Waals surface area contributed by atoms with E-state index >= 15 is 0 Å². The van der Waals surface area contributed by atoms with Crippen LogP contribution in [0.5, 0.6) is 11.5 Å². The van der Waals surface area contributed by atoms with E-state index in [4.69, 9.17) is 14.0 Å². The van der Waals surface area contributed by atoms with E-state index < -0.39 is 11.7 Å². The first-order chi connectivity index (χ1) is 13.1. The zero-order chi connectivity index (χ0) is 19.2. The predicted octanol–water partition coefficient (Wildman–Crippen LogP) is 2.93. The molecule has 3 aromatic rings. The molecule has 1 aromatic heterocycles. The van der Waals surface area contributed by atoms with Gasteiger partial charge in [0.2, 0.25) is 0 Å². The van der Waals surface area contributed by atoms with Gasteiger partial charge in [-0.25, -0.2) is 9.59 Å². The Hall–Kier alpha value is -3.48. The largest absolute Gasteiger partial charge is 0.497 e. The van der Waals surface area contributed by atoms with Crippen molar-refractivity contribution in [3.05, 3.63) is 70.6 Å². The Morgan fingerprint density at radius 1 is 1.04 bits per heavy atom. The van der Waals surface area contributed by atoms with E-state index in [-0.39, 0.29) is 0 Å². The monoisotopic (exact) mass is 368 g/mol. The molecule has 27 heavy (non-hydrogen) atoms. The van der Waals surface area contributed by atoms with Crippen LogP contribution in [0.4, 0.5) is 4.79 Å². The number of nitrogens with one attached hydrogen (secondary N) is 1. The van der Waals surface area contributed by atoms with Crippen molar-refractivity contribution in [2.75, 3.05) is 20.8 Å². The molecule has 0 aliphatic carbocycles. The van der Waals surface area contributed by atoms with E-state index in [1.807, 2.05) is 30.3 Å². The molecule has 0 fully saturated rings. The van der Waals surface area contributed by atoms with Crippen LogP contribution < -0.4 is 20.4 Å². The van der Waals surface area contributed by atoms with Crippen LogP contribution in [0.25, 0.3) is 11.3 Å². The number of aromatic nitrogens is 1. The first-order valence-electron chi connectivity index (χ1n) is 8.39. The van der Waals surface area contributed by atoms with Crippen molar-refractivity contribution in [1.29, 1.82) is 0 Å². The van der Waals surface area contributed by atoms with E-state index in [2.05, 4.69) is 5.32 Å². The molecule has 0 aliphatic rings. The molecule has 3 rings (SSSR count). The zero-order valence-corrected chi connectivity index (χ0v) is 15.1. The summed E-state index contributed by atoms with van der Waals surface area (Å²) in [6, 6.07) is 15.4. The lowest BCUT2D eigenvalue weighted by atomic mass is 10.1. The van der Waals surface area contributed by atoms with E-state index in [9.17, 15) is 9.59 Å². The summed E-state index contributed by atoms with van der Waals surface area (Å²) in [5.41, 5.74) is 1.49. The van der Waals surface area contributed by atoms with Crippen LogP contribution in [0.2, 0.25) is 0 Å². The molecule has 0 aliphatic heterocycles. The standard InChI is InChI=1S/C20H20N2O5/c1-25-16-10-14(11-17(12-16)26-2)8-9-21-20(24)22-18(13-19(23)27-22)15-6-4-3-5-7-15/h3-7,10-13H,8-9H2,1-2H3,(H,21,24). The first-order valence-corrected chi connectivity index (χ1v) is 8.39. The Bertz CT molecular complexity index is 953. The van der Waals surface area contributed by atoms with Gasteiger partial charge in [0.05, 0.1) is 20.3 Å². The van der Waals surface area contributed by atoms with Gasteiger partial charge in [0.1, 0.15) is 17.2 Å². The van der Waals surface area contributed by atoms with Crippen LogP contribution in [0.3, 0.4) is 0 Å². The van der Waals surface area contributed by atoms with E-state index in [0.29, 0.717) is 30.2 Å². The fraction of sp³-hybridized carbons (Fsp3) is 0.200. The van der Waals surface area contributed by atoms with E-state index in [1.165, 1.54) is 6.07 Å². The van der Waals surface area contributed by atoms with Crippen LogP contribution >= 0.6 is 0 Å². The summed E-state index contributed by atoms with van der Waals surface area (Å²) in [5, 5.41) is 2.76. The molecule has 0 radical (unpaired) electrons. The molecule has 7 heteroatoms. The van der Waals surface area contributed by atoms with E-state index in [0.717, 1.165) is 15.9 Å². The highest BCUT2D eigenvalue weighted by Gasteiger charge is 2.15. The van der Waals surface area contributed by atoms with Crippen LogP contribution in [-0.4, -0.2) is 31.5 Å². The third-order valence-corrected chi connectivity index (χ3v) is 4.01. The highest BCUT2D eigenvalue weighted by Crippen LogP contribution is 2.22. The minimum absolute atomic E-state index is 0.352. The Morgan fingerprint density at radius 2 is 1.70 bits per heavy atom. The zero-order valence-electron chi connectivity index (χ0n) is 15.1. The Balaban J connectivity index is 1.70. The summed E-state index contributed by atoms with van der Waals surface area (Å²) in [7, 11) is 3.17. The Kier molecular flexibility index (Phi) is 5.61. The van der Waals surface area contributed by atoms with Gasteiger partial charge >= 0.3 is 11.7 Å². The average molecular weight is 368 g/mol. The van der Waals surface area contributed by atoms with Gasteiger partial charge in [-0.1, -0.05) is 30.3 Å². The molecule has 1 heterocycles. The van der Waals surface area contributed by atoms with Crippen molar-refractivity contribution in [2.45, 2.75) is 6.42 Å². The summed E-state index contributed by atoms with van der Waals surface area (Å²) in [4.78, 5) is 24.1. The predicted molar refractivity (Wildman–Crippen MR) is 100 cm³/mol. The second-order valence-electron chi connectivity index (χ2n) is 5.80. The smallest absolute Gasteiger partial charge is 0.358 e. The number of hydrogen-bond donors (Lipinski definition) is 1. The molecule has 140 valence electrons. The van der Waals surface area contributed by atoms with Crippen molar-refractivity contribution in [2.24, 2.45) is 0 Å². The van der Waals surface area contributed by atoms with Gasteiger partial charge in [0.15, 0.2) is 0 Å². The van der Waals surface area contributed by atoms with Crippen molar-refractivity contribution >= 4 is 6.03 Å². The molecule has 0 spiro atoms. The molecule has 0 unspecified atom stereocenters. The quantitative estimate of drug-likeness (QED) is 0.723. The second kappa shape index (κ2) is 8.27. The fourth-order valence-corrected chi connectivity index (χ4v) is 2.69. The van der Waals surface area contributed by atoms with Gasteiger partial charge in [-0.3, -0.25) is 0 Å². The lowest BCUT2D eigenvalue weighted by molar-refractivity contribution is 0.208. The maximum absolute atomic E-state index is 12.5. The molecule has 0 saturated heterocycles. The van der Waals surface area contributed by atoms with Gasteiger partial charge in [-0.15, -0.1) is 4.74 Å². The Labute approximate surface area is 156 Å². The first kappa shape index (κ1) is 18.3. The van der Waals surface area contributed by atoms with Crippen molar-refractivity contribution < 1.29 is 18.8 Å². The maximum Gasteiger partial charge on any atom is 0.358 e. The summed E-state index contributed by atoms with van der Waals surface area (Å²) in [6.07, 6.45) is 0.561. The number of nitrogens with zero attached hydrogens (tertiary/aromatic N) is 1. The van der Waals surface area contributed by atoms with Gasteiger partial charge < -0.3 is 19.3 Å². The molecular weight excluding hydrogens is 348 g/mol. The molecule has 0 saturated carbocycles. The molecule has 1 amide bonds. The highest BCUT2D eigenvalue weighted by molar-refractivity contribution is 5.80. The molecule has 2 aromatic carbocycles. The normalized spacial score (nSPS) is 10.4. The SMILES string of the molecule is COc1cc(CCNC(=O)n2oc(=O)cc2-c2ccccc2)cc(OC)c1. The van der Waals surface area contributed by atoms with E-state index in [1.54, 1.807) is 32.4 Å². The third kappa shape index (κ3) is 4.38. The minimum Gasteiger partial charge on any atom is -0.497 e. The molecule has 7 nitrogen and oxygen atoms in total. The van der Waals surface area contributed by atoms with Gasteiger partial charge in [0, 0.05) is 18.2 Å². The van der Waals surface area contributed by atoms with Gasteiger partial charge in [0.25, 0.3) is 0 Å². The molecule has 0 atom stereocenters. The molecule has 0 bridgehead atoms. The molecular formula is C20H20N2O5. The minimum atomic E-state index is -0.582. The van der Waals surface area contributed by atoms with Crippen molar-refractivity contribution in [3.63, 3.8) is 0 Å². The number of ether oxygens (including phenoxy) is 2. The topological polar surface area (TPSA) is 82.7 Å². The fourth-order valence-electron chi connectivity index (χ4n) is 2.69. The highest BCUT2D eigenvalue weighted by atomic mass is 16.5. The number of carbonyl (C=O) groups excluding carboxylic acids is 1. The van der Waals surface area contributed by atoms with Crippen molar-refractivity contribution in [3.8, 4) is 22.8 Å². The van der Waals surface area contributed by atoms with Crippen LogP contribution in [0.1, 0.15) is 5.56 Å². The van der Waals surface area contributed by atoms with Gasteiger partial charge in [-0.2, -0.15) is 0 Å². The summed E-state index contributed by atoms with van der Waals surface area (Å²) >= 11 is 0. The summed E-state index contributed by atoms with van der Waals surface area (Å²) in [6.45, 7) is 0.352. The second-order valence-corrected chi connectivity index (χ2v) is 5.80. The number of carbonyl (C=O) groups is 1. The summed E-state index contributed by atoms with van der Waals surface area (Å²) < 4.78 is 16.5. The lowest BCUT2D eigenvalue weighted by Crippen LogP contribution is -2.30. The van der Waals surface area contributed by atoms with Crippen molar-refractivity contribution in [1.82, 2.24) is 10.1 Å². The average Bonchev–Trinajstić information content (AvgIpc) is 3.10. The number of amides is 1. The van der Waals surface area contributed by atoms with Crippen LogP contribution in [0, 0.1) is 0 Å². The third-order valence-electron chi connectivity index (χ3n) is 4.01. The molecule has 1 N–H and O–H groups in total. The van der Waals surface area contributed by atoms with Gasteiger partial charge in [-0.05, 0) is 24.1 Å².